The van der Waals surface area contributed by atoms with Gasteiger partial charge in [-0.05, 0) is 27.7 Å². The van der Waals surface area contributed by atoms with Crippen LogP contribution in [0.5, 0.6) is 5.88 Å². The lowest BCUT2D eigenvalue weighted by Gasteiger charge is -2.39. The van der Waals surface area contributed by atoms with E-state index in [2.05, 4.69) is 9.97 Å². The summed E-state index contributed by atoms with van der Waals surface area (Å²) in [5.74, 6) is -0.425. The van der Waals surface area contributed by atoms with E-state index in [1.165, 1.54) is 6.33 Å². The minimum atomic E-state index is -0.541. The van der Waals surface area contributed by atoms with E-state index < -0.39 is 11.4 Å². The topological polar surface area (TPSA) is 64.6 Å². The molecule has 0 aromatic carbocycles. The van der Waals surface area contributed by atoms with Gasteiger partial charge in [0.1, 0.15) is 11.9 Å². The Bertz CT molecular complexity index is 525. The summed E-state index contributed by atoms with van der Waals surface area (Å²) in [5, 5.41) is 0. The third-order valence-electron chi connectivity index (χ3n) is 3.00. The van der Waals surface area contributed by atoms with Crippen LogP contribution in [0.2, 0.25) is 0 Å². The summed E-state index contributed by atoms with van der Waals surface area (Å²) in [6, 6.07) is 0. The third kappa shape index (κ3) is 4.03. The Hall–Kier alpha value is -1.92. The molecule has 0 saturated carbocycles. The van der Waals surface area contributed by atoms with Gasteiger partial charge in [0.15, 0.2) is 0 Å². The summed E-state index contributed by atoms with van der Waals surface area (Å²) >= 11 is 0. The van der Waals surface area contributed by atoms with Gasteiger partial charge in [0, 0.05) is 19.0 Å². The fourth-order valence-electron chi connectivity index (χ4n) is 1.88. The molecule has 116 valence electrons. The lowest BCUT2D eigenvalue weighted by Crippen LogP contribution is -2.53. The number of nitrogens with zero attached hydrogens (tertiary/aromatic N) is 3. The van der Waals surface area contributed by atoms with Crippen molar-refractivity contribution in [1.82, 2.24) is 14.9 Å². The molecule has 0 bridgehead atoms. The molecule has 0 radical (unpaired) electrons. The monoisotopic (exact) mass is 297 g/mol. The number of hydrogen-bond acceptors (Lipinski definition) is 5. The highest BCUT2D eigenvalue weighted by molar-refractivity contribution is 5.69. The fraction of sp³-hybridized carbons (Fsp3) is 0.643. The van der Waals surface area contributed by atoms with Gasteiger partial charge < -0.3 is 14.4 Å². The lowest BCUT2D eigenvalue weighted by atomic mass is 10.0. The van der Waals surface area contributed by atoms with E-state index in [0.29, 0.717) is 19.7 Å². The van der Waals surface area contributed by atoms with Gasteiger partial charge in [-0.2, -0.15) is 9.37 Å². The molecule has 1 amide bonds. The first-order valence-electron chi connectivity index (χ1n) is 6.84. The molecule has 2 heterocycles. The van der Waals surface area contributed by atoms with Crippen molar-refractivity contribution in [2.75, 3.05) is 19.7 Å². The lowest BCUT2D eigenvalue weighted by molar-refractivity contribution is -0.00835. The normalized spacial score (nSPS) is 15.6. The van der Waals surface area contributed by atoms with Gasteiger partial charge in [0.2, 0.25) is 5.82 Å². The summed E-state index contributed by atoms with van der Waals surface area (Å²) < 4.78 is 24.2. The van der Waals surface area contributed by atoms with Crippen LogP contribution in [0.4, 0.5) is 9.18 Å². The molecule has 1 aliphatic rings. The van der Waals surface area contributed by atoms with Gasteiger partial charge in [-0.15, -0.1) is 0 Å². The van der Waals surface area contributed by atoms with E-state index in [1.54, 1.807) is 11.8 Å². The molecule has 1 fully saturated rings. The summed E-state index contributed by atoms with van der Waals surface area (Å²) in [5.41, 5.74) is -0.246. The SMILES string of the molecule is Cc1ncnc(OCC2CN(C(=O)OC(C)(C)C)C2)c1F. The maximum atomic E-state index is 13.6. The second-order valence-electron chi connectivity index (χ2n) is 6.14. The number of carbonyl (C=O) groups is 1. The molecular weight excluding hydrogens is 277 g/mol. The average Bonchev–Trinajstić information content (AvgIpc) is 2.30. The smallest absolute Gasteiger partial charge is 0.410 e. The Morgan fingerprint density at radius 1 is 1.43 bits per heavy atom. The van der Waals surface area contributed by atoms with Crippen molar-refractivity contribution < 1.29 is 18.7 Å². The van der Waals surface area contributed by atoms with Crippen molar-refractivity contribution in [3.05, 3.63) is 17.8 Å². The summed E-state index contributed by atoms with van der Waals surface area (Å²) in [7, 11) is 0. The van der Waals surface area contributed by atoms with Crippen molar-refractivity contribution >= 4 is 6.09 Å². The maximum Gasteiger partial charge on any atom is 0.410 e. The first-order valence-corrected chi connectivity index (χ1v) is 6.84. The van der Waals surface area contributed by atoms with Crippen LogP contribution in [0, 0.1) is 18.7 Å². The Balaban J connectivity index is 1.76. The largest absolute Gasteiger partial charge is 0.475 e. The number of likely N-dealkylation sites (tertiary alicyclic amines) is 1. The zero-order valence-corrected chi connectivity index (χ0v) is 12.7. The van der Waals surface area contributed by atoms with Gasteiger partial charge in [-0.3, -0.25) is 0 Å². The van der Waals surface area contributed by atoms with E-state index in [1.807, 2.05) is 20.8 Å². The van der Waals surface area contributed by atoms with Crippen LogP contribution >= 0.6 is 0 Å². The molecule has 1 saturated heterocycles. The molecule has 0 atom stereocenters. The van der Waals surface area contributed by atoms with Crippen LogP contribution in [0.1, 0.15) is 26.5 Å². The Kier molecular flexibility index (Phi) is 4.29. The molecule has 7 heteroatoms. The van der Waals surface area contributed by atoms with Crippen LogP contribution in [-0.2, 0) is 4.74 Å². The number of aryl methyl sites for hydroxylation is 1. The second-order valence-corrected chi connectivity index (χ2v) is 6.14. The molecule has 0 N–H and O–H groups in total. The first kappa shape index (κ1) is 15.5. The zero-order valence-electron chi connectivity index (χ0n) is 12.7. The minimum Gasteiger partial charge on any atom is -0.475 e. The molecule has 2 rings (SSSR count). The Labute approximate surface area is 123 Å². The van der Waals surface area contributed by atoms with Gasteiger partial charge >= 0.3 is 6.09 Å². The molecule has 0 unspecified atom stereocenters. The number of hydrogen-bond donors (Lipinski definition) is 0. The van der Waals surface area contributed by atoms with E-state index in [4.69, 9.17) is 9.47 Å². The molecule has 0 aliphatic carbocycles. The van der Waals surface area contributed by atoms with Crippen LogP contribution < -0.4 is 4.74 Å². The zero-order chi connectivity index (χ0) is 15.6. The van der Waals surface area contributed by atoms with E-state index in [-0.39, 0.29) is 23.6 Å². The highest BCUT2D eigenvalue weighted by Crippen LogP contribution is 2.21. The van der Waals surface area contributed by atoms with Crippen molar-refractivity contribution in [2.45, 2.75) is 33.3 Å². The Morgan fingerprint density at radius 3 is 2.71 bits per heavy atom. The molecular formula is C14H20FN3O3. The molecule has 0 spiro atoms. The quantitative estimate of drug-likeness (QED) is 0.855. The molecule has 1 aromatic heterocycles. The first-order chi connectivity index (χ1) is 9.76. The van der Waals surface area contributed by atoms with Gasteiger partial charge in [-0.25, -0.2) is 9.78 Å². The predicted octanol–water partition coefficient (Wildman–Crippen LogP) is 2.17. The second kappa shape index (κ2) is 5.83. The average molecular weight is 297 g/mol. The number of aromatic nitrogens is 2. The summed E-state index contributed by atoms with van der Waals surface area (Å²) in [6.45, 7) is 8.42. The van der Waals surface area contributed by atoms with Gasteiger partial charge in [-0.1, -0.05) is 0 Å². The number of carbonyl (C=O) groups excluding carboxylic acids is 1. The van der Waals surface area contributed by atoms with Crippen LogP contribution in [0.15, 0.2) is 6.33 Å². The third-order valence-corrected chi connectivity index (χ3v) is 3.00. The van der Waals surface area contributed by atoms with Crippen molar-refractivity contribution in [3.8, 4) is 5.88 Å². The van der Waals surface area contributed by atoms with Crippen molar-refractivity contribution in [1.29, 1.82) is 0 Å². The van der Waals surface area contributed by atoms with Gasteiger partial charge in [0.05, 0.1) is 12.3 Å². The number of rotatable bonds is 3. The molecule has 21 heavy (non-hydrogen) atoms. The van der Waals surface area contributed by atoms with E-state index >= 15 is 0 Å². The van der Waals surface area contributed by atoms with Gasteiger partial charge in [0.25, 0.3) is 5.88 Å². The number of ether oxygens (including phenoxy) is 2. The molecule has 1 aromatic rings. The Morgan fingerprint density at radius 2 is 2.10 bits per heavy atom. The van der Waals surface area contributed by atoms with Crippen LogP contribution in [0.3, 0.4) is 0 Å². The highest BCUT2D eigenvalue weighted by Gasteiger charge is 2.34. The van der Waals surface area contributed by atoms with Crippen molar-refractivity contribution in [3.63, 3.8) is 0 Å². The van der Waals surface area contributed by atoms with Crippen molar-refractivity contribution in [2.24, 2.45) is 5.92 Å². The highest BCUT2D eigenvalue weighted by atomic mass is 19.1. The molecule has 6 nitrogen and oxygen atoms in total. The van der Waals surface area contributed by atoms with Crippen LogP contribution in [0.25, 0.3) is 0 Å². The maximum absolute atomic E-state index is 13.6. The van der Waals surface area contributed by atoms with Crippen LogP contribution in [-0.4, -0.2) is 46.3 Å². The number of amides is 1. The minimum absolute atomic E-state index is 0.0433. The predicted molar refractivity (Wildman–Crippen MR) is 73.5 cm³/mol. The summed E-state index contributed by atoms with van der Waals surface area (Å²) in [4.78, 5) is 20.8. The summed E-state index contributed by atoms with van der Waals surface area (Å²) in [6.07, 6.45) is 0.935. The fourth-order valence-corrected chi connectivity index (χ4v) is 1.88. The number of halogens is 1. The molecule has 1 aliphatic heterocycles. The standard InChI is InChI=1S/C14H20FN3O3/c1-9-11(15)12(17-8-16-9)20-7-10-5-18(6-10)13(19)21-14(2,3)4/h8,10H,5-7H2,1-4H3. The van der Waals surface area contributed by atoms with E-state index in [0.717, 1.165) is 0 Å². The van der Waals surface area contributed by atoms with E-state index in [9.17, 15) is 9.18 Å².